The second kappa shape index (κ2) is 9.06. The fourth-order valence-corrected chi connectivity index (χ4v) is 1.92. The van der Waals surface area contributed by atoms with Crippen molar-refractivity contribution < 1.29 is 4.74 Å². The van der Waals surface area contributed by atoms with Crippen molar-refractivity contribution in [3.63, 3.8) is 0 Å². The lowest BCUT2D eigenvalue weighted by atomic mass is 10.0. The number of aryl methyl sites for hydroxylation is 1. The maximum absolute atomic E-state index is 5.40. The largest absolute Gasteiger partial charge is 0.382 e. The van der Waals surface area contributed by atoms with Crippen molar-refractivity contribution in [2.75, 3.05) is 19.8 Å². The van der Waals surface area contributed by atoms with Gasteiger partial charge >= 0.3 is 0 Å². The molecule has 3 nitrogen and oxygen atoms in total. The van der Waals surface area contributed by atoms with Crippen LogP contribution in [0.3, 0.4) is 0 Å². The molecule has 0 saturated heterocycles. The molecule has 0 spiro atoms. The molecule has 0 saturated carbocycles. The normalized spacial score (nSPS) is 12.6. The zero-order valence-corrected chi connectivity index (χ0v) is 11.9. The highest BCUT2D eigenvalue weighted by molar-refractivity contribution is 5.17. The first kappa shape index (κ1) is 15.1. The van der Waals surface area contributed by atoms with E-state index in [1.54, 1.807) is 0 Å². The Morgan fingerprint density at radius 1 is 1.33 bits per heavy atom. The van der Waals surface area contributed by atoms with Crippen LogP contribution in [0.1, 0.15) is 50.4 Å². The summed E-state index contributed by atoms with van der Waals surface area (Å²) < 4.78 is 5.40. The van der Waals surface area contributed by atoms with Gasteiger partial charge in [-0.05, 0) is 51.3 Å². The molecule has 0 aliphatic carbocycles. The molecule has 0 aliphatic heterocycles. The maximum atomic E-state index is 5.40. The number of ether oxygens (including phenoxy) is 1. The Kier molecular flexibility index (Phi) is 7.62. The molecular weight excluding hydrogens is 224 g/mol. The average molecular weight is 250 g/mol. The molecule has 3 heteroatoms. The van der Waals surface area contributed by atoms with E-state index in [9.17, 15) is 0 Å². The van der Waals surface area contributed by atoms with Gasteiger partial charge in [0, 0.05) is 31.1 Å². The number of pyridine rings is 1. The fourth-order valence-electron chi connectivity index (χ4n) is 1.92. The fraction of sp³-hybridized carbons (Fsp3) is 0.667. The third-order valence-electron chi connectivity index (χ3n) is 2.96. The lowest BCUT2D eigenvalue weighted by molar-refractivity contribution is 0.141. The first-order valence-corrected chi connectivity index (χ1v) is 7.01. The van der Waals surface area contributed by atoms with Crippen molar-refractivity contribution in [1.29, 1.82) is 0 Å². The summed E-state index contributed by atoms with van der Waals surface area (Å²) in [6, 6.07) is 4.66. The lowest BCUT2D eigenvalue weighted by Crippen LogP contribution is -2.22. The van der Waals surface area contributed by atoms with E-state index in [0.29, 0.717) is 6.04 Å². The number of nitrogens with zero attached hydrogens (tertiary/aromatic N) is 1. The molecule has 1 N–H and O–H groups in total. The highest BCUT2D eigenvalue weighted by Crippen LogP contribution is 2.18. The van der Waals surface area contributed by atoms with Crippen molar-refractivity contribution in [3.05, 3.63) is 29.6 Å². The van der Waals surface area contributed by atoms with Crippen LogP contribution in [0.5, 0.6) is 0 Å². The number of hydrogen-bond acceptors (Lipinski definition) is 3. The summed E-state index contributed by atoms with van der Waals surface area (Å²) in [5.74, 6) is 0. The van der Waals surface area contributed by atoms with Crippen LogP contribution in [-0.4, -0.2) is 24.7 Å². The molecular formula is C15H26N2O. The summed E-state index contributed by atoms with van der Waals surface area (Å²) in [6.45, 7) is 8.95. The minimum absolute atomic E-state index is 0.401. The Balaban J connectivity index is 2.51. The third kappa shape index (κ3) is 5.61. The summed E-state index contributed by atoms with van der Waals surface area (Å²) in [5.41, 5.74) is 2.35. The van der Waals surface area contributed by atoms with Crippen LogP contribution in [0.25, 0.3) is 0 Å². The van der Waals surface area contributed by atoms with Crippen LogP contribution in [-0.2, 0) is 4.74 Å². The third-order valence-corrected chi connectivity index (χ3v) is 2.96. The van der Waals surface area contributed by atoms with Crippen LogP contribution in [0.2, 0.25) is 0 Å². The van der Waals surface area contributed by atoms with Crippen LogP contribution < -0.4 is 5.32 Å². The Morgan fingerprint density at radius 2 is 2.17 bits per heavy atom. The van der Waals surface area contributed by atoms with Gasteiger partial charge in [0.05, 0.1) is 0 Å². The molecule has 0 aromatic carbocycles. The van der Waals surface area contributed by atoms with Gasteiger partial charge in [-0.15, -0.1) is 0 Å². The van der Waals surface area contributed by atoms with E-state index in [0.717, 1.165) is 44.7 Å². The minimum atomic E-state index is 0.401. The number of aromatic nitrogens is 1. The summed E-state index contributed by atoms with van der Waals surface area (Å²) in [4.78, 5) is 4.38. The Labute approximate surface area is 111 Å². The quantitative estimate of drug-likeness (QED) is 0.683. The van der Waals surface area contributed by atoms with Crippen LogP contribution in [0.15, 0.2) is 18.3 Å². The molecule has 0 bridgehead atoms. The molecule has 0 aliphatic rings. The van der Waals surface area contributed by atoms with Gasteiger partial charge in [0.25, 0.3) is 0 Å². The highest BCUT2D eigenvalue weighted by atomic mass is 16.5. The highest BCUT2D eigenvalue weighted by Gasteiger charge is 2.10. The zero-order chi connectivity index (χ0) is 13.2. The van der Waals surface area contributed by atoms with Gasteiger partial charge in [0.15, 0.2) is 0 Å². The van der Waals surface area contributed by atoms with Gasteiger partial charge < -0.3 is 10.1 Å². The Bertz CT molecular complexity index is 311. The van der Waals surface area contributed by atoms with Crippen molar-refractivity contribution in [2.24, 2.45) is 0 Å². The average Bonchev–Trinajstić information content (AvgIpc) is 2.39. The van der Waals surface area contributed by atoms with E-state index >= 15 is 0 Å². The summed E-state index contributed by atoms with van der Waals surface area (Å²) in [6.07, 6.45) is 5.33. The van der Waals surface area contributed by atoms with Gasteiger partial charge in [0.2, 0.25) is 0 Å². The van der Waals surface area contributed by atoms with E-state index in [-0.39, 0.29) is 0 Å². The molecule has 0 radical (unpaired) electrons. The zero-order valence-electron chi connectivity index (χ0n) is 11.9. The second-order valence-corrected chi connectivity index (χ2v) is 4.58. The van der Waals surface area contributed by atoms with E-state index in [1.165, 1.54) is 5.56 Å². The topological polar surface area (TPSA) is 34.1 Å². The Morgan fingerprint density at radius 3 is 2.78 bits per heavy atom. The SMILES string of the molecule is CCCNC(CCCOCC)c1ccc(C)nc1. The lowest BCUT2D eigenvalue weighted by Gasteiger charge is -2.18. The number of hydrogen-bond donors (Lipinski definition) is 1. The Hall–Kier alpha value is -0.930. The molecule has 1 atom stereocenters. The van der Waals surface area contributed by atoms with Crippen LogP contribution in [0.4, 0.5) is 0 Å². The molecule has 1 heterocycles. The molecule has 1 aromatic rings. The number of nitrogens with one attached hydrogen (secondary N) is 1. The standard InChI is InChI=1S/C15H26N2O/c1-4-10-16-15(7-6-11-18-5-2)14-9-8-13(3)17-12-14/h8-9,12,15-16H,4-7,10-11H2,1-3H3. The molecule has 1 unspecified atom stereocenters. The molecule has 1 aromatic heterocycles. The summed E-state index contributed by atoms with van der Waals surface area (Å²) >= 11 is 0. The predicted molar refractivity (Wildman–Crippen MR) is 75.7 cm³/mol. The van der Waals surface area contributed by atoms with Gasteiger partial charge in [-0.3, -0.25) is 4.98 Å². The predicted octanol–water partition coefficient (Wildman–Crippen LogP) is 3.25. The second-order valence-electron chi connectivity index (χ2n) is 4.58. The first-order valence-electron chi connectivity index (χ1n) is 7.01. The summed E-state index contributed by atoms with van der Waals surface area (Å²) in [5, 5.41) is 3.59. The van der Waals surface area contributed by atoms with Crippen molar-refractivity contribution >= 4 is 0 Å². The van der Waals surface area contributed by atoms with Crippen molar-refractivity contribution in [1.82, 2.24) is 10.3 Å². The van der Waals surface area contributed by atoms with Crippen molar-refractivity contribution in [3.8, 4) is 0 Å². The van der Waals surface area contributed by atoms with E-state index in [2.05, 4.69) is 29.4 Å². The smallest absolute Gasteiger partial charge is 0.0466 e. The first-order chi connectivity index (χ1) is 8.77. The van der Waals surface area contributed by atoms with Crippen LogP contribution >= 0.6 is 0 Å². The molecule has 0 amide bonds. The van der Waals surface area contributed by atoms with Gasteiger partial charge in [-0.2, -0.15) is 0 Å². The van der Waals surface area contributed by atoms with Gasteiger partial charge in [-0.25, -0.2) is 0 Å². The van der Waals surface area contributed by atoms with Crippen LogP contribution in [0, 0.1) is 6.92 Å². The van der Waals surface area contributed by atoms with Gasteiger partial charge in [-0.1, -0.05) is 13.0 Å². The molecule has 18 heavy (non-hydrogen) atoms. The van der Waals surface area contributed by atoms with E-state index in [4.69, 9.17) is 4.74 Å². The molecule has 1 rings (SSSR count). The molecule has 102 valence electrons. The summed E-state index contributed by atoms with van der Waals surface area (Å²) in [7, 11) is 0. The minimum Gasteiger partial charge on any atom is -0.382 e. The maximum Gasteiger partial charge on any atom is 0.0466 e. The molecule has 0 fully saturated rings. The van der Waals surface area contributed by atoms with Gasteiger partial charge in [0.1, 0.15) is 0 Å². The number of rotatable bonds is 9. The monoisotopic (exact) mass is 250 g/mol. The van der Waals surface area contributed by atoms with Crippen molar-refractivity contribution in [2.45, 2.75) is 46.1 Å². The van der Waals surface area contributed by atoms with E-state index in [1.807, 2.05) is 20.0 Å². The van der Waals surface area contributed by atoms with E-state index < -0.39 is 0 Å².